The van der Waals surface area contributed by atoms with Crippen LogP contribution in [0, 0.1) is 5.82 Å². The van der Waals surface area contributed by atoms with Crippen LogP contribution in [0.15, 0.2) is 65.2 Å². The molecule has 1 unspecified atom stereocenters. The van der Waals surface area contributed by atoms with Crippen molar-refractivity contribution < 1.29 is 18.4 Å². The molecule has 0 radical (unpaired) electrons. The average molecular weight is 395 g/mol. The Bertz CT molecular complexity index is 937. The minimum absolute atomic E-state index is 0.0797. The third-order valence-corrected chi connectivity index (χ3v) is 5.00. The topological polar surface area (TPSA) is 67.6 Å². The van der Waals surface area contributed by atoms with Gasteiger partial charge in [0, 0.05) is 31.3 Å². The molecule has 1 aliphatic heterocycles. The van der Waals surface area contributed by atoms with Gasteiger partial charge in [-0.1, -0.05) is 47.6 Å². The molecule has 4 rings (SSSR count). The molecular formula is C22H22FN3O3. The maximum Gasteiger partial charge on any atom is 0.273 e. The third-order valence-electron chi connectivity index (χ3n) is 5.00. The van der Waals surface area contributed by atoms with E-state index >= 15 is 0 Å². The first-order valence-electron chi connectivity index (χ1n) is 9.58. The number of carbonyl (C=O) groups is 1. The molecule has 2 aromatic carbocycles. The van der Waals surface area contributed by atoms with Crippen LogP contribution in [0.2, 0.25) is 0 Å². The number of hydrogen-bond acceptors (Lipinski definition) is 5. The summed E-state index contributed by atoms with van der Waals surface area (Å²) in [5.41, 5.74) is 2.03. The highest BCUT2D eigenvalue weighted by Crippen LogP contribution is 2.23. The van der Waals surface area contributed by atoms with Crippen LogP contribution >= 0.6 is 0 Å². The second-order valence-corrected chi connectivity index (χ2v) is 6.87. The standard InChI is InChI=1S/C22H22FN3O3/c23-18-8-6-16(7-9-18)20(26-10-12-28-13-11-26)15-24-22(27)19-14-21(29-25-19)17-4-2-1-3-5-17/h1-9,14,20H,10-13,15H2,(H,24,27). The highest BCUT2D eigenvalue weighted by Gasteiger charge is 2.24. The summed E-state index contributed by atoms with van der Waals surface area (Å²) in [5.74, 6) is -0.0510. The van der Waals surface area contributed by atoms with Gasteiger partial charge in [0.15, 0.2) is 11.5 Å². The van der Waals surface area contributed by atoms with Crippen LogP contribution in [0.3, 0.4) is 0 Å². The molecule has 1 fully saturated rings. The van der Waals surface area contributed by atoms with Gasteiger partial charge in [-0.2, -0.15) is 0 Å². The molecule has 3 aromatic rings. The second-order valence-electron chi connectivity index (χ2n) is 6.87. The summed E-state index contributed by atoms with van der Waals surface area (Å²) in [6, 6.07) is 17.4. The number of aromatic nitrogens is 1. The smallest absolute Gasteiger partial charge is 0.273 e. The van der Waals surface area contributed by atoms with Gasteiger partial charge in [0.1, 0.15) is 5.82 Å². The van der Waals surface area contributed by atoms with Gasteiger partial charge in [-0.15, -0.1) is 0 Å². The molecule has 1 atom stereocenters. The summed E-state index contributed by atoms with van der Waals surface area (Å²) in [6.07, 6.45) is 0. The summed E-state index contributed by atoms with van der Waals surface area (Å²) < 4.78 is 24.1. The van der Waals surface area contributed by atoms with Crippen molar-refractivity contribution in [2.45, 2.75) is 6.04 Å². The highest BCUT2D eigenvalue weighted by molar-refractivity contribution is 5.93. The van der Waals surface area contributed by atoms with Gasteiger partial charge < -0.3 is 14.6 Å². The number of nitrogens with one attached hydrogen (secondary N) is 1. The monoisotopic (exact) mass is 395 g/mol. The molecule has 29 heavy (non-hydrogen) atoms. The summed E-state index contributed by atoms with van der Waals surface area (Å²) in [7, 11) is 0. The summed E-state index contributed by atoms with van der Waals surface area (Å²) in [4.78, 5) is 14.9. The number of hydrogen-bond donors (Lipinski definition) is 1. The molecule has 0 spiro atoms. The first-order valence-corrected chi connectivity index (χ1v) is 9.58. The van der Waals surface area contributed by atoms with Crippen LogP contribution in [-0.4, -0.2) is 48.8 Å². The van der Waals surface area contributed by atoms with Crippen LogP contribution in [-0.2, 0) is 4.74 Å². The van der Waals surface area contributed by atoms with Gasteiger partial charge >= 0.3 is 0 Å². The number of carbonyl (C=O) groups excluding carboxylic acids is 1. The number of nitrogens with zero attached hydrogens (tertiary/aromatic N) is 2. The van der Waals surface area contributed by atoms with Crippen LogP contribution in [0.25, 0.3) is 11.3 Å². The Morgan fingerprint density at radius 1 is 1.10 bits per heavy atom. The number of benzene rings is 2. The Morgan fingerprint density at radius 2 is 1.83 bits per heavy atom. The molecule has 7 heteroatoms. The van der Waals surface area contributed by atoms with E-state index in [0.29, 0.717) is 25.5 Å². The lowest BCUT2D eigenvalue weighted by Gasteiger charge is -2.34. The van der Waals surface area contributed by atoms with Crippen molar-refractivity contribution in [3.8, 4) is 11.3 Å². The van der Waals surface area contributed by atoms with Crippen LogP contribution in [0.1, 0.15) is 22.1 Å². The molecular weight excluding hydrogens is 373 g/mol. The third kappa shape index (κ3) is 4.70. The summed E-state index contributed by atoms with van der Waals surface area (Å²) >= 11 is 0. The van der Waals surface area contributed by atoms with E-state index in [4.69, 9.17) is 9.26 Å². The molecule has 1 saturated heterocycles. The summed E-state index contributed by atoms with van der Waals surface area (Å²) in [6.45, 7) is 3.14. The first kappa shape index (κ1) is 19.3. The Morgan fingerprint density at radius 3 is 2.55 bits per heavy atom. The molecule has 1 aromatic heterocycles. The lowest BCUT2D eigenvalue weighted by Crippen LogP contribution is -2.43. The maximum absolute atomic E-state index is 13.3. The van der Waals surface area contributed by atoms with Gasteiger partial charge in [-0.3, -0.25) is 9.69 Å². The van der Waals surface area contributed by atoms with Crippen molar-refractivity contribution in [2.24, 2.45) is 0 Å². The molecule has 0 bridgehead atoms. The number of rotatable bonds is 6. The fourth-order valence-corrected chi connectivity index (χ4v) is 3.43. The van der Waals surface area contributed by atoms with Gasteiger partial charge in [0.05, 0.1) is 19.3 Å². The van der Waals surface area contributed by atoms with E-state index in [0.717, 1.165) is 24.2 Å². The Hall–Kier alpha value is -3.03. The van der Waals surface area contributed by atoms with E-state index in [-0.39, 0.29) is 23.5 Å². The largest absolute Gasteiger partial charge is 0.379 e. The fourth-order valence-electron chi connectivity index (χ4n) is 3.43. The van der Waals surface area contributed by atoms with Crippen molar-refractivity contribution >= 4 is 5.91 Å². The van der Waals surface area contributed by atoms with E-state index in [9.17, 15) is 9.18 Å². The van der Waals surface area contributed by atoms with Gasteiger partial charge in [0.25, 0.3) is 5.91 Å². The summed E-state index contributed by atoms with van der Waals surface area (Å²) in [5, 5.41) is 6.83. The van der Waals surface area contributed by atoms with E-state index in [1.54, 1.807) is 18.2 Å². The molecule has 1 aliphatic rings. The van der Waals surface area contributed by atoms with E-state index in [1.807, 2.05) is 30.3 Å². The van der Waals surface area contributed by atoms with Crippen LogP contribution < -0.4 is 5.32 Å². The Balaban J connectivity index is 1.46. The average Bonchev–Trinajstić information content (AvgIpc) is 3.27. The predicted octanol–water partition coefficient (Wildman–Crippen LogP) is 3.28. The minimum atomic E-state index is -0.309. The first-order chi connectivity index (χ1) is 14.2. The van der Waals surface area contributed by atoms with Gasteiger partial charge in [-0.05, 0) is 17.7 Å². The van der Waals surface area contributed by atoms with E-state index in [2.05, 4.69) is 15.4 Å². The quantitative estimate of drug-likeness (QED) is 0.694. The molecule has 1 amide bonds. The lowest BCUT2D eigenvalue weighted by atomic mass is 10.0. The van der Waals surface area contributed by atoms with Crippen molar-refractivity contribution in [1.29, 1.82) is 0 Å². The zero-order valence-corrected chi connectivity index (χ0v) is 15.9. The van der Waals surface area contributed by atoms with Gasteiger partial charge in [0.2, 0.25) is 0 Å². The van der Waals surface area contributed by atoms with Crippen molar-refractivity contribution in [2.75, 3.05) is 32.8 Å². The van der Waals surface area contributed by atoms with Crippen molar-refractivity contribution in [3.05, 3.63) is 77.7 Å². The lowest BCUT2D eigenvalue weighted by molar-refractivity contribution is 0.0162. The number of morpholine rings is 1. The molecule has 2 heterocycles. The van der Waals surface area contributed by atoms with Crippen LogP contribution in [0.5, 0.6) is 0 Å². The molecule has 150 valence electrons. The SMILES string of the molecule is O=C(NCC(c1ccc(F)cc1)N1CCOCC1)c1cc(-c2ccccc2)on1. The molecule has 0 aliphatic carbocycles. The van der Waals surface area contributed by atoms with E-state index in [1.165, 1.54) is 12.1 Å². The second kappa shape index (κ2) is 8.98. The molecule has 6 nitrogen and oxygen atoms in total. The molecule has 0 saturated carbocycles. The number of ether oxygens (including phenoxy) is 1. The van der Waals surface area contributed by atoms with Crippen LogP contribution in [0.4, 0.5) is 4.39 Å². The predicted molar refractivity (Wildman–Crippen MR) is 106 cm³/mol. The van der Waals surface area contributed by atoms with Crippen molar-refractivity contribution in [3.63, 3.8) is 0 Å². The number of halogens is 1. The zero-order chi connectivity index (χ0) is 20.1. The number of amides is 1. The van der Waals surface area contributed by atoms with E-state index < -0.39 is 0 Å². The maximum atomic E-state index is 13.3. The van der Waals surface area contributed by atoms with Gasteiger partial charge in [-0.25, -0.2) is 4.39 Å². The molecule has 1 N–H and O–H groups in total. The highest BCUT2D eigenvalue weighted by atomic mass is 19.1. The Kier molecular flexibility index (Phi) is 5.97. The van der Waals surface area contributed by atoms with Crippen molar-refractivity contribution in [1.82, 2.24) is 15.4 Å². The normalized spacial score (nSPS) is 15.8. The Labute approximate surface area is 168 Å². The fraction of sp³-hybridized carbons (Fsp3) is 0.273. The minimum Gasteiger partial charge on any atom is -0.379 e. The zero-order valence-electron chi connectivity index (χ0n) is 15.9.